The van der Waals surface area contributed by atoms with Gasteiger partial charge in [0.1, 0.15) is 12.0 Å². The second-order valence-corrected chi connectivity index (χ2v) is 4.91. The van der Waals surface area contributed by atoms with Gasteiger partial charge in [-0.2, -0.15) is 0 Å². The van der Waals surface area contributed by atoms with E-state index in [1.54, 1.807) is 18.2 Å². The van der Waals surface area contributed by atoms with E-state index >= 15 is 0 Å². The molecule has 7 heteroatoms. The molecule has 0 aliphatic rings. The first-order valence-corrected chi connectivity index (χ1v) is 6.60. The maximum atomic E-state index is 10.5. The quantitative estimate of drug-likeness (QED) is 0.670. The topological polar surface area (TPSA) is 68.1 Å². The first-order valence-electron chi connectivity index (χ1n) is 5.84. The van der Waals surface area contributed by atoms with Crippen LogP contribution in [0.4, 0.5) is 11.5 Å². The Balaban J connectivity index is 1.91. The third-order valence-electron chi connectivity index (χ3n) is 2.67. The lowest BCUT2D eigenvalue weighted by molar-refractivity contribution is -0.385. The van der Waals surface area contributed by atoms with Gasteiger partial charge in [-0.1, -0.05) is 29.3 Å². The van der Waals surface area contributed by atoms with Crippen LogP contribution in [-0.2, 0) is 6.42 Å². The SMILES string of the molecule is O=[N+]([O-])c1ccc(NCCc2ccc(Cl)cc2Cl)nc1. The Morgan fingerprint density at radius 1 is 1.25 bits per heavy atom. The number of anilines is 1. The van der Waals surface area contributed by atoms with Crippen LogP contribution in [0.25, 0.3) is 0 Å². The highest BCUT2D eigenvalue weighted by molar-refractivity contribution is 6.35. The minimum absolute atomic E-state index is 0.0312. The van der Waals surface area contributed by atoms with Gasteiger partial charge in [0.25, 0.3) is 5.69 Å². The Bertz CT molecular complexity index is 618. The molecule has 2 aromatic rings. The average molecular weight is 312 g/mol. The lowest BCUT2D eigenvalue weighted by atomic mass is 10.1. The summed E-state index contributed by atoms with van der Waals surface area (Å²) < 4.78 is 0. The summed E-state index contributed by atoms with van der Waals surface area (Å²) in [6.07, 6.45) is 1.92. The van der Waals surface area contributed by atoms with Crippen molar-refractivity contribution >= 4 is 34.7 Å². The summed E-state index contributed by atoms with van der Waals surface area (Å²) in [6.45, 7) is 0.617. The summed E-state index contributed by atoms with van der Waals surface area (Å²) in [5.74, 6) is 0.584. The predicted octanol–water partition coefficient (Wildman–Crippen LogP) is 3.95. The fourth-order valence-corrected chi connectivity index (χ4v) is 2.15. The molecular weight excluding hydrogens is 301 g/mol. The standard InChI is InChI=1S/C13H11Cl2N3O2/c14-10-2-1-9(12(15)7-10)5-6-16-13-4-3-11(8-17-13)18(19)20/h1-4,7-8H,5-6H2,(H,16,17). The van der Waals surface area contributed by atoms with Crippen molar-refractivity contribution in [1.82, 2.24) is 4.98 Å². The van der Waals surface area contributed by atoms with Crippen molar-refractivity contribution in [2.24, 2.45) is 0 Å². The van der Waals surface area contributed by atoms with Gasteiger partial charge in [-0.25, -0.2) is 4.98 Å². The lowest BCUT2D eigenvalue weighted by Crippen LogP contribution is -2.06. The number of nitrogens with zero attached hydrogens (tertiary/aromatic N) is 2. The van der Waals surface area contributed by atoms with Crippen molar-refractivity contribution in [3.8, 4) is 0 Å². The molecule has 0 amide bonds. The van der Waals surface area contributed by atoms with E-state index < -0.39 is 4.92 Å². The molecule has 1 heterocycles. The van der Waals surface area contributed by atoms with E-state index in [2.05, 4.69) is 10.3 Å². The van der Waals surface area contributed by atoms with Crippen LogP contribution in [0, 0.1) is 10.1 Å². The molecular formula is C13H11Cl2N3O2. The summed E-state index contributed by atoms with van der Waals surface area (Å²) in [4.78, 5) is 14.0. The van der Waals surface area contributed by atoms with E-state index in [0.717, 1.165) is 5.56 Å². The van der Waals surface area contributed by atoms with E-state index in [-0.39, 0.29) is 5.69 Å². The summed E-state index contributed by atoms with van der Waals surface area (Å²) in [5, 5.41) is 14.8. The zero-order chi connectivity index (χ0) is 14.5. The van der Waals surface area contributed by atoms with Gasteiger partial charge in [-0.05, 0) is 30.2 Å². The highest BCUT2D eigenvalue weighted by Gasteiger charge is 2.05. The van der Waals surface area contributed by atoms with Gasteiger partial charge in [-0.15, -0.1) is 0 Å². The Labute approximate surface area is 125 Å². The van der Waals surface area contributed by atoms with E-state index in [4.69, 9.17) is 23.2 Å². The number of halogens is 2. The van der Waals surface area contributed by atoms with Gasteiger partial charge in [-0.3, -0.25) is 10.1 Å². The number of benzene rings is 1. The minimum atomic E-state index is -0.482. The maximum absolute atomic E-state index is 10.5. The van der Waals surface area contributed by atoms with Crippen molar-refractivity contribution in [3.05, 3.63) is 62.3 Å². The van der Waals surface area contributed by atoms with Gasteiger partial charge in [0.05, 0.1) is 4.92 Å². The predicted molar refractivity (Wildman–Crippen MR) is 79.5 cm³/mol. The van der Waals surface area contributed by atoms with Gasteiger partial charge in [0.15, 0.2) is 0 Å². The third kappa shape index (κ3) is 3.82. The van der Waals surface area contributed by atoms with Crippen molar-refractivity contribution in [3.63, 3.8) is 0 Å². The van der Waals surface area contributed by atoms with Crippen LogP contribution in [0.3, 0.4) is 0 Å². The monoisotopic (exact) mass is 311 g/mol. The van der Waals surface area contributed by atoms with Gasteiger partial charge in [0, 0.05) is 22.7 Å². The van der Waals surface area contributed by atoms with Crippen LogP contribution in [0.5, 0.6) is 0 Å². The van der Waals surface area contributed by atoms with E-state index in [1.165, 1.54) is 12.3 Å². The second kappa shape index (κ2) is 6.54. The molecule has 0 bridgehead atoms. The minimum Gasteiger partial charge on any atom is -0.370 e. The van der Waals surface area contributed by atoms with Crippen LogP contribution in [0.15, 0.2) is 36.5 Å². The number of hydrogen-bond donors (Lipinski definition) is 1. The smallest absolute Gasteiger partial charge is 0.287 e. The zero-order valence-electron chi connectivity index (χ0n) is 10.3. The molecule has 0 unspecified atom stereocenters. The molecule has 1 aromatic carbocycles. The molecule has 20 heavy (non-hydrogen) atoms. The Morgan fingerprint density at radius 3 is 2.65 bits per heavy atom. The van der Waals surface area contributed by atoms with Gasteiger partial charge >= 0.3 is 0 Å². The van der Waals surface area contributed by atoms with Crippen molar-refractivity contribution in [2.45, 2.75) is 6.42 Å². The molecule has 104 valence electrons. The zero-order valence-corrected chi connectivity index (χ0v) is 11.9. The molecule has 2 rings (SSSR count). The van der Waals surface area contributed by atoms with Crippen LogP contribution in [-0.4, -0.2) is 16.5 Å². The van der Waals surface area contributed by atoms with E-state index in [9.17, 15) is 10.1 Å². The number of hydrogen-bond acceptors (Lipinski definition) is 4. The van der Waals surface area contributed by atoms with Crippen molar-refractivity contribution in [2.75, 3.05) is 11.9 Å². The normalized spacial score (nSPS) is 10.3. The molecule has 0 saturated heterocycles. The second-order valence-electron chi connectivity index (χ2n) is 4.07. The molecule has 0 fully saturated rings. The molecule has 0 aliphatic heterocycles. The van der Waals surface area contributed by atoms with Crippen molar-refractivity contribution < 1.29 is 4.92 Å². The molecule has 1 aromatic heterocycles. The lowest BCUT2D eigenvalue weighted by Gasteiger charge is -2.07. The van der Waals surface area contributed by atoms with Gasteiger partial charge in [0.2, 0.25) is 0 Å². The number of aromatic nitrogens is 1. The molecule has 0 saturated carbocycles. The summed E-state index contributed by atoms with van der Waals surface area (Å²) in [6, 6.07) is 8.33. The third-order valence-corrected chi connectivity index (χ3v) is 3.26. The fourth-order valence-electron chi connectivity index (χ4n) is 1.65. The summed E-state index contributed by atoms with van der Waals surface area (Å²) >= 11 is 11.9. The van der Waals surface area contributed by atoms with Crippen LogP contribution in [0.2, 0.25) is 10.0 Å². The summed E-state index contributed by atoms with van der Waals surface area (Å²) in [7, 11) is 0. The number of nitro groups is 1. The Kier molecular flexibility index (Phi) is 4.76. The number of pyridine rings is 1. The van der Waals surface area contributed by atoms with E-state index in [0.29, 0.717) is 28.8 Å². The Morgan fingerprint density at radius 2 is 2.05 bits per heavy atom. The first-order chi connectivity index (χ1) is 9.56. The molecule has 0 radical (unpaired) electrons. The largest absolute Gasteiger partial charge is 0.370 e. The maximum Gasteiger partial charge on any atom is 0.287 e. The molecule has 5 nitrogen and oxygen atoms in total. The molecule has 0 spiro atoms. The van der Waals surface area contributed by atoms with E-state index in [1.807, 2.05) is 6.07 Å². The highest BCUT2D eigenvalue weighted by Crippen LogP contribution is 2.21. The highest BCUT2D eigenvalue weighted by atomic mass is 35.5. The average Bonchev–Trinajstić information content (AvgIpc) is 2.42. The fraction of sp³-hybridized carbons (Fsp3) is 0.154. The summed E-state index contributed by atoms with van der Waals surface area (Å²) in [5.41, 5.74) is 0.946. The molecule has 0 atom stereocenters. The molecule has 1 N–H and O–H groups in total. The van der Waals surface area contributed by atoms with Crippen LogP contribution in [0.1, 0.15) is 5.56 Å². The number of rotatable bonds is 5. The molecule has 0 aliphatic carbocycles. The van der Waals surface area contributed by atoms with Crippen LogP contribution < -0.4 is 5.32 Å². The Hall–Kier alpha value is -1.85. The first kappa shape index (κ1) is 14.6. The van der Waals surface area contributed by atoms with Gasteiger partial charge < -0.3 is 5.32 Å². The number of nitrogens with one attached hydrogen (secondary N) is 1. The van der Waals surface area contributed by atoms with Crippen molar-refractivity contribution in [1.29, 1.82) is 0 Å². The van der Waals surface area contributed by atoms with Crippen LogP contribution >= 0.6 is 23.2 Å².